The van der Waals surface area contributed by atoms with Crippen molar-refractivity contribution in [2.45, 2.75) is 32.7 Å². The molecule has 0 saturated carbocycles. The number of fused-ring (bicyclic) bond motifs is 1. The molecule has 96 valence electrons. The van der Waals surface area contributed by atoms with E-state index in [1.54, 1.807) is 11.3 Å². The first-order valence-electron chi connectivity index (χ1n) is 6.57. The molecule has 0 aliphatic carbocycles. The first-order valence-corrected chi connectivity index (χ1v) is 7.39. The topological polar surface area (TPSA) is 37.0 Å². The van der Waals surface area contributed by atoms with Crippen LogP contribution in [-0.4, -0.2) is 24.1 Å². The molecule has 1 aromatic heterocycles. The molecule has 4 heteroatoms. The number of thiazole rings is 1. The van der Waals surface area contributed by atoms with E-state index in [4.69, 9.17) is 4.98 Å². The summed E-state index contributed by atoms with van der Waals surface area (Å²) in [4.78, 5) is 4.73. The van der Waals surface area contributed by atoms with Gasteiger partial charge in [-0.25, -0.2) is 4.98 Å². The van der Waals surface area contributed by atoms with Gasteiger partial charge in [0.2, 0.25) is 0 Å². The summed E-state index contributed by atoms with van der Waals surface area (Å²) < 4.78 is 1.30. The summed E-state index contributed by atoms with van der Waals surface area (Å²) in [5.41, 5.74) is 3.75. The summed E-state index contributed by atoms with van der Waals surface area (Å²) in [7, 11) is 0. The second-order valence-corrected chi connectivity index (χ2v) is 6.15. The minimum atomic E-state index is 0.577. The lowest BCUT2D eigenvalue weighted by Gasteiger charge is -2.23. The van der Waals surface area contributed by atoms with Gasteiger partial charge >= 0.3 is 0 Å². The number of anilines is 1. The van der Waals surface area contributed by atoms with Gasteiger partial charge < -0.3 is 10.6 Å². The highest BCUT2D eigenvalue weighted by molar-refractivity contribution is 7.22. The van der Waals surface area contributed by atoms with E-state index in [0.717, 1.165) is 23.7 Å². The molecular weight excluding hydrogens is 242 g/mol. The second-order valence-electron chi connectivity index (χ2n) is 5.12. The quantitative estimate of drug-likeness (QED) is 0.872. The number of piperidine rings is 1. The van der Waals surface area contributed by atoms with E-state index in [2.05, 4.69) is 36.6 Å². The number of nitrogens with one attached hydrogen (secondary N) is 2. The zero-order chi connectivity index (χ0) is 12.5. The van der Waals surface area contributed by atoms with Gasteiger partial charge in [-0.15, -0.1) is 0 Å². The van der Waals surface area contributed by atoms with E-state index in [1.165, 1.54) is 28.7 Å². The summed E-state index contributed by atoms with van der Waals surface area (Å²) in [6, 6.07) is 5.01. The lowest BCUT2D eigenvalue weighted by Crippen LogP contribution is -2.35. The smallest absolute Gasteiger partial charge is 0.184 e. The number of nitrogens with zero attached hydrogens (tertiary/aromatic N) is 1. The van der Waals surface area contributed by atoms with Gasteiger partial charge in [0.1, 0.15) is 0 Å². The molecule has 0 radical (unpaired) electrons. The molecule has 1 fully saturated rings. The molecule has 18 heavy (non-hydrogen) atoms. The van der Waals surface area contributed by atoms with Gasteiger partial charge in [-0.05, 0) is 57.0 Å². The van der Waals surface area contributed by atoms with Crippen molar-refractivity contribution in [3.8, 4) is 0 Å². The number of rotatable bonds is 2. The third-order valence-corrected chi connectivity index (χ3v) is 4.43. The summed E-state index contributed by atoms with van der Waals surface area (Å²) in [6.45, 7) is 6.51. The fourth-order valence-electron chi connectivity index (χ4n) is 2.57. The number of hydrogen-bond donors (Lipinski definition) is 2. The molecule has 1 saturated heterocycles. The zero-order valence-electron chi connectivity index (χ0n) is 10.9. The Balaban J connectivity index is 1.86. The Morgan fingerprint density at radius 2 is 2.06 bits per heavy atom. The van der Waals surface area contributed by atoms with Gasteiger partial charge in [0, 0.05) is 6.04 Å². The molecule has 1 aliphatic rings. The highest BCUT2D eigenvalue weighted by Gasteiger charge is 2.15. The minimum absolute atomic E-state index is 0.577. The Kier molecular flexibility index (Phi) is 3.22. The molecule has 3 rings (SSSR count). The molecule has 2 N–H and O–H groups in total. The van der Waals surface area contributed by atoms with Gasteiger partial charge in [-0.3, -0.25) is 0 Å². The van der Waals surface area contributed by atoms with Gasteiger partial charge in [0.15, 0.2) is 5.13 Å². The predicted molar refractivity (Wildman–Crippen MR) is 78.6 cm³/mol. The lowest BCUT2D eigenvalue weighted by molar-refractivity contribution is 0.479. The van der Waals surface area contributed by atoms with Crippen molar-refractivity contribution in [1.82, 2.24) is 10.3 Å². The van der Waals surface area contributed by atoms with Gasteiger partial charge in [-0.1, -0.05) is 17.4 Å². The maximum Gasteiger partial charge on any atom is 0.184 e. The van der Waals surface area contributed by atoms with Crippen LogP contribution in [0.2, 0.25) is 0 Å². The molecular formula is C14H19N3S. The van der Waals surface area contributed by atoms with Crippen LogP contribution in [-0.2, 0) is 0 Å². The number of aromatic nitrogens is 1. The molecule has 0 unspecified atom stereocenters. The summed E-state index contributed by atoms with van der Waals surface area (Å²) in [6.07, 6.45) is 2.38. The molecule has 0 spiro atoms. The van der Waals surface area contributed by atoms with E-state index >= 15 is 0 Å². The molecule has 0 bridgehead atoms. The first-order chi connectivity index (χ1) is 8.72. The van der Waals surface area contributed by atoms with Crippen LogP contribution in [0.1, 0.15) is 24.0 Å². The fraction of sp³-hybridized carbons (Fsp3) is 0.500. The number of hydrogen-bond acceptors (Lipinski definition) is 4. The normalized spacial score (nSPS) is 17.2. The Morgan fingerprint density at radius 3 is 2.83 bits per heavy atom. The van der Waals surface area contributed by atoms with Crippen molar-refractivity contribution in [2.24, 2.45) is 0 Å². The van der Waals surface area contributed by atoms with Crippen LogP contribution in [0.25, 0.3) is 10.2 Å². The van der Waals surface area contributed by atoms with Crippen LogP contribution < -0.4 is 10.6 Å². The van der Waals surface area contributed by atoms with Crippen molar-refractivity contribution in [3.05, 3.63) is 23.3 Å². The van der Waals surface area contributed by atoms with Gasteiger partial charge in [0.05, 0.1) is 10.2 Å². The second kappa shape index (κ2) is 4.86. The summed E-state index contributed by atoms with van der Waals surface area (Å²) in [5, 5.41) is 8.05. The fourth-order valence-corrected chi connectivity index (χ4v) is 3.69. The molecule has 2 aromatic rings. The zero-order valence-corrected chi connectivity index (χ0v) is 11.7. The van der Waals surface area contributed by atoms with Crippen LogP contribution in [0.5, 0.6) is 0 Å². The molecule has 0 amide bonds. The van der Waals surface area contributed by atoms with Crippen LogP contribution in [0.4, 0.5) is 5.13 Å². The lowest BCUT2D eigenvalue weighted by atomic mass is 10.1. The maximum absolute atomic E-state index is 4.73. The highest BCUT2D eigenvalue weighted by atomic mass is 32.1. The average molecular weight is 261 g/mol. The van der Waals surface area contributed by atoms with E-state index in [1.807, 2.05) is 0 Å². The van der Waals surface area contributed by atoms with Gasteiger partial charge in [0.25, 0.3) is 0 Å². The third-order valence-electron chi connectivity index (χ3n) is 3.50. The highest BCUT2D eigenvalue weighted by Crippen LogP contribution is 2.30. The number of aryl methyl sites for hydroxylation is 2. The summed E-state index contributed by atoms with van der Waals surface area (Å²) >= 11 is 1.78. The maximum atomic E-state index is 4.73. The Labute approximate surface area is 112 Å². The van der Waals surface area contributed by atoms with Crippen molar-refractivity contribution in [1.29, 1.82) is 0 Å². The van der Waals surface area contributed by atoms with Crippen LogP contribution in [0.15, 0.2) is 12.1 Å². The van der Waals surface area contributed by atoms with Crippen LogP contribution >= 0.6 is 11.3 Å². The van der Waals surface area contributed by atoms with Gasteiger partial charge in [-0.2, -0.15) is 0 Å². The van der Waals surface area contributed by atoms with E-state index < -0.39 is 0 Å². The molecule has 3 nitrogen and oxygen atoms in total. The van der Waals surface area contributed by atoms with E-state index in [-0.39, 0.29) is 0 Å². The van der Waals surface area contributed by atoms with Crippen LogP contribution in [0.3, 0.4) is 0 Å². The van der Waals surface area contributed by atoms with E-state index in [0.29, 0.717) is 6.04 Å². The van der Waals surface area contributed by atoms with Crippen LogP contribution in [0, 0.1) is 13.8 Å². The number of benzene rings is 1. The Morgan fingerprint density at radius 1 is 1.28 bits per heavy atom. The van der Waals surface area contributed by atoms with Crippen molar-refractivity contribution in [3.63, 3.8) is 0 Å². The largest absolute Gasteiger partial charge is 0.359 e. The standard InChI is InChI=1S/C14H19N3S/c1-9-7-10(2)13-12(8-9)18-14(17-13)16-11-3-5-15-6-4-11/h7-8,11,15H,3-6H2,1-2H3,(H,16,17). The van der Waals surface area contributed by atoms with E-state index in [9.17, 15) is 0 Å². The Bertz CT molecular complexity index is 555. The minimum Gasteiger partial charge on any atom is -0.359 e. The third kappa shape index (κ3) is 2.35. The molecule has 1 aliphatic heterocycles. The Hall–Kier alpha value is -1.13. The molecule has 1 aromatic carbocycles. The molecule has 0 atom stereocenters. The molecule has 2 heterocycles. The SMILES string of the molecule is Cc1cc(C)c2nc(NC3CCNCC3)sc2c1. The van der Waals surface area contributed by atoms with Crippen molar-refractivity contribution >= 4 is 26.7 Å². The first kappa shape index (κ1) is 11.9. The summed E-state index contributed by atoms with van der Waals surface area (Å²) in [5.74, 6) is 0. The monoisotopic (exact) mass is 261 g/mol. The average Bonchev–Trinajstić information content (AvgIpc) is 2.73. The van der Waals surface area contributed by atoms with Crippen molar-refractivity contribution < 1.29 is 0 Å². The predicted octanol–water partition coefficient (Wildman–Crippen LogP) is 3.08. The van der Waals surface area contributed by atoms with Crippen molar-refractivity contribution in [2.75, 3.05) is 18.4 Å².